The van der Waals surface area contributed by atoms with Crippen molar-refractivity contribution in [1.29, 1.82) is 5.41 Å². The number of carbonyl (C=O) groups excluding carboxylic acids is 10. The minimum atomic E-state index is -1.88. The largest absolute Gasteiger partial charge is 0.481 e. The molecule has 30 nitrogen and oxygen atoms in total. The number of amides is 10. The molecule has 1 heterocycles. The number of carbonyl (C=O) groups is 12. The molecule has 18 N–H and O–H groups in total. The van der Waals surface area contributed by atoms with E-state index in [2.05, 4.69) is 58.5 Å². The smallest absolute Gasteiger partial charge is 0.305 e. The molecule has 93 heavy (non-hydrogen) atoms. The van der Waals surface area contributed by atoms with Crippen LogP contribution in [0.25, 0.3) is 0 Å². The SMILES string of the molecule is Cc1ccc(CSC[C@@H]2NC(=O)[C@H](CC(=O)O)NC(=O)CSC[C@@H](C(=O)NCC(=O)NCCOCCOCCN)NC(=O)[C@H](Cc3ccccc3)NC(=O)[C@H](CSCc3ccc(C)cc3)NC(=O)[C@H](CC(=O)O)NC(=O)CNC(=O)[C@H](CCCNC(=N)N)NC2=O)cc1. The van der Waals surface area contributed by atoms with Gasteiger partial charge in [0.05, 0.1) is 58.1 Å². The fraction of sp³-hybridized carbons (Fsp3) is 0.483. The molecule has 0 bridgehead atoms. The summed E-state index contributed by atoms with van der Waals surface area (Å²) in [6.07, 6.45) is -2.32. The van der Waals surface area contributed by atoms with Gasteiger partial charge in [0, 0.05) is 54.8 Å². The molecule has 0 saturated carbocycles. The molecule has 3 aromatic carbocycles. The molecule has 3 aromatic rings. The highest BCUT2D eigenvalue weighted by molar-refractivity contribution is 8.00. The lowest BCUT2D eigenvalue weighted by Crippen LogP contribution is -2.60. The van der Waals surface area contributed by atoms with Gasteiger partial charge in [-0.05, 0) is 43.4 Å². The minimum absolute atomic E-state index is 0.0321. The number of hydrogen-bond acceptors (Lipinski definition) is 19. The van der Waals surface area contributed by atoms with E-state index in [9.17, 15) is 67.7 Å². The van der Waals surface area contributed by atoms with Gasteiger partial charge in [0.15, 0.2) is 5.96 Å². The summed E-state index contributed by atoms with van der Waals surface area (Å²) in [5, 5.41) is 55.0. The summed E-state index contributed by atoms with van der Waals surface area (Å²) in [4.78, 5) is 165. The highest BCUT2D eigenvalue weighted by Crippen LogP contribution is 2.18. The summed E-state index contributed by atoms with van der Waals surface area (Å²) in [6.45, 7) is 3.61. The quantitative estimate of drug-likeness (QED) is 0.0193. The Morgan fingerprint density at radius 3 is 1.62 bits per heavy atom. The van der Waals surface area contributed by atoms with Gasteiger partial charge in [-0.3, -0.25) is 62.9 Å². The van der Waals surface area contributed by atoms with Crippen molar-refractivity contribution in [3.8, 4) is 0 Å². The number of guanidine groups is 1. The number of nitrogens with two attached hydrogens (primary N) is 2. The van der Waals surface area contributed by atoms with Crippen LogP contribution in [-0.2, 0) is 84.9 Å². The second kappa shape index (κ2) is 42.6. The van der Waals surface area contributed by atoms with Gasteiger partial charge < -0.3 is 89.6 Å². The molecular formula is C60H84N14O16S3. The van der Waals surface area contributed by atoms with Crippen LogP contribution in [0.1, 0.15) is 53.5 Å². The van der Waals surface area contributed by atoms with Crippen LogP contribution < -0.4 is 70.0 Å². The Morgan fingerprint density at radius 2 is 1.09 bits per heavy atom. The topological polar surface area (TPSA) is 472 Å². The van der Waals surface area contributed by atoms with E-state index in [0.717, 1.165) is 34.0 Å². The van der Waals surface area contributed by atoms with Crippen LogP contribution in [0.15, 0.2) is 78.9 Å². The lowest BCUT2D eigenvalue weighted by molar-refractivity contribution is -0.141. The van der Waals surface area contributed by atoms with E-state index in [1.807, 2.05) is 62.4 Å². The third-order valence-electron chi connectivity index (χ3n) is 13.4. The zero-order valence-corrected chi connectivity index (χ0v) is 54.1. The molecule has 10 amide bonds. The molecule has 4 rings (SSSR count). The molecule has 0 unspecified atom stereocenters. The average Bonchev–Trinajstić information content (AvgIpc) is 1.10. The molecule has 1 aliphatic rings. The van der Waals surface area contributed by atoms with Crippen LogP contribution in [0.5, 0.6) is 0 Å². The molecule has 0 aromatic heterocycles. The molecule has 0 aliphatic carbocycles. The fourth-order valence-electron chi connectivity index (χ4n) is 8.56. The normalized spacial score (nSPS) is 20.1. The van der Waals surface area contributed by atoms with Gasteiger partial charge in [-0.25, -0.2) is 0 Å². The van der Waals surface area contributed by atoms with Gasteiger partial charge >= 0.3 is 11.9 Å². The van der Waals surface area contributed by atoms with Crippen molar-refractivity contribution in [3.63, 3.8) is 0 Å². The predicted molar refractivity (Wildman–Crippen MR) is 349 cm³/mol. The monoisotopic (exact) mass is 1350 g/mol. The van der Waals surface area contributed by atoms with E-state index in [1.54, 1.807) is 30.3 Å². The Bertz CT molecular complexity index is 2990. The first-order valence-electron chi connectivity index (χ1n) is 29.7. The summed E-state index contributed by atoms with van der Waals surface area (Å²) in [6, 6.07) is 11.9. The van der Waals surface area contributed by atoms with Crippen LogP contribution in [0.3, 0.4) is 0 Å². The van der Waals surface area contributed by atoms with Gasteiger partial charge in [-0.2, -0.15) is 23.5 Å². The van der Waals surface area contributed by atoms with Gasteiger partial charge in [0.1, 0.15) is 42.3 Å². The van der Waals surface area contributed by atoms with E-state index >= 15 is 0 Å². The Kier molecular flexibility index (Phi) is 35.3. The molecule has 1 saturated heterocycles. The predicted octanol–water partition coefficient (Wildman–Crippen LogP) is -2.59. The van der Waals surface area contributed by atoms with Crippen molar-refractivity contribution < 1.29 is 77.2 Å². The van der Waals surface area contributed by atoms with Crippen LogP contribution in [0.2, 0.25) is 0 Å². The molecule has 7 atom stereocenters. The van der Waals surface area contributed by atoms with Crippen molar-refractivity contribution in [2.45, 2.75) is 99.8 Å². The standard InChI is InChI=1S/C60H84N14O16S3/c1-36-10-14-39(15-11-36)30-91-33-46-58(87)70-41(9-6-19-65-60(62)63)53(82)67-29-49(76)68-43(26-51(78)79)56(85)74-47(34-92-31-40-16-12-37(2)13-17-40)59(88)71-42(25-38-7-4-3-5-8-38)55(84)72-45(32-93-35-50(77)69-44(27-52(80)81)57(86)73-46)54(83)66-28-48(75)64-20-22-90-24-23-89-21-18-61/h3-5,7-8,10-17,41-47H,6,9,18-35,61H2,1-2H3,(H,64,75)(H,66,83)(H,67,82)(H,68,76)(H,69,77)(H,70,87)(H,71,88)(H,72,84)(H,73,86)(H,74,85)(H,78,79)(H,80,81)(H4,62,63,65)/t41-,42-,43-,44-,45-,46-,47-/m0/s1. The van der Waals surface area contributed by atoms with Crippen molar-refractivity contribution in [2.75, 3.05) is 82.2 Å². The van der Waals surface area contributed by atoms with Crippen LogP contribution in [0.4, 0.5) is 0 Å². The number of aliphatic carboxylic acids is 2. The Balaban J connectivity index is 1.77. The fourth-order valence-corrected chi connectivity index (χ4v) is 11.4. The second-order valence-electron chi connectivity index (χ2n) is 21.2. The number of nitrogens with one attached hydrogen (secondary N) is 12. The zero-order chi connectivity index (χ0) is 68.1. The third-order valence-corrected chi connectivity index (χ3v) is 16.7. The number of hydrogen-bond donors (Lipinski definition) is 16. The Labute approximate surface area is 550 Å². The summed E-state index contributed by atoms with van der Waals surface area (Å²) in [7, 11) is 0. The molecule has 1 fully saturated rings. The van der Waals surface area contributed by atoms with Crippen molar-refractivity contribution in [3.05, 3.63) is 107 Å². The molecule has 0 spiro atoms. The summed E-state index contributed by atoms with van der Waals surface area (Å²) in [5.74, 6) is -14.0. The number of benzene rings is 3. The summed E-state index contributed by atoms with van der Waals surface area (Å²) >= 11 is 3.12. The molecule has 0 radical (unpaired) electrons. The third kappa shape index (κ3) is 31.6. The van der Waals surface area contributed by atoms with Gasteiger partial charge in [-0.1, -0.05) is 90.0 Å². The molecular weight excluding hydrogens is 1270 g/mol. The van der Waals surface area contributed by atoms with Crippen molar-refractivity contribution in [2.24, 2.45) is 11.5 Å². The van der Waals surface area contributed by atoms with Crippen molar-refractivity contribution >= 4 is 112 Å². The van der Waals surface area contributed by atoms with Gasteiger partial charge in [0.2, 0.25) is 59.1 Å². The van der Waals surface area contributed by atoms with Gasteiger partial charge in [-0.15, -0.1) is 11.8 Å². The summed E-state index contributed by atoms with van der Waals surface area (Å²) in [5.41, 5.74) is 15.0. The first kappa shape index (κ1) is 77.0. The van der Waals surface area contributed by atoms with Crippen molar-refractivity contribution in [1.82, 2.24) is 58.5 Å². The number of carboxylic acids is 2. The molecule has 33 heteroatoms. The summed E-state index contributed by atoms with van der Waals surface area (Å²) < 4.78 is 10.7. The van der Waals surface area contributed by atoms with Gasteiger partial charge in [0.25, 0.3) is 0 Å². The maximum absolute atomic E-state index is 14.7. The lowest BCUT2D eigenvalue weighted by Gasteiger charge is -2.26. The zero-order valence-electron chi connectivity index (χ0n) is 51.7. The van der Waals surface area contributed by atoms with E-state index in [0.29, 0.717) is 30.2 Å². The first-order chi connectivity index (χ1) is 44.5. The first-order valence-corrected chi connectivity index (χ1v) is 33.1. The number of thioether (sulfide) groups is 3. The maximum atomic E-state index is 14.7. The van der Waals surface area contributed by atoms with Crippen LogP contribution in [-0.4, -0.2) is 212 Å². The maximum Gasteiger partial charge on any atom is 0.305 e. The number of rotatable bonds is 29. The van der Waals surface area contributed by atoms with Crippen LogP contribution >= 0.6 is 35.3 Å². The average molecular weight is 1350 g/mol. The Morgan fingerprint density at radius 1 is 0.581 bits per heavy atom. The minimum Gasteiger partial charge on any atom is -0.481 e. The highest BCUT2D eigenvalue weighted by Gasteiger charge is 2.35. The molecule has 1 aliphatic heterocycles. The van der Waals surface area contributed by atoms with E-state index in [-0.39, 0.29) is 63.7 Å². The highest BCUT2D eigenvalue weighted by atomic mass is 32.2. The lowest BCUT2D eigenvalue weighted by atomic mass is 10.0. The molecule has 508 valence electrons. The number of carboxylic acid groups (broad SMARTS) is 2. The van der Waals surface area contributed by atoms with Crippen LogP contribution in [0, 0.1) is 19.3 Å². The van der Waals surface area contributed by atoms with E-state index in [1.165, 1.54) is 23.5 Å². The second-order valence-corrected chi connectivity index (χ2v) is 24.3. The number of aryl methyl sites for hydroxylation is 2. The number of ether oxygens (including phenoxy) is 2. The van der Waals surface area contributed by atoms with E-state index in [4.69, 9.17) is 26.4 Å². The van der Waals surface area contributed by atoms with E-state index < -0.39 is 157 Å². The Hall–Kier alpha value is -8.50.